The largest absolute Gasteiger partial charge is 0.426 e. The van der Waals surface area contributed by atoms with Gasteiger partial charge >= 0.3 is 5.97 Å². The van der Waals surface area contributed by atoms with Crippen LogP contribution in [0.2, 0.25) is 10.0 Å². The van der Waals surface area contributed by atoms with Gasteiger partial charge in [-0.2, -0.15) is 0 Å². The molecule has 9 heteroatoms. The summed E-state index contributed by atoms with van der Waals surface area (Å²) in [7, 11) is 0. The van der Waals surface area contributed by atoms with Gasteiger partial charge < -0.3 is 9.64 Å². The molecule has 0 N–H and O–H groups in total. The number of anilines is 2. The summed E-state index contributed by atoms with van der Waals surface area (Å²) in [5, 5.41) is 0.784. The number of carbonyl (C=O) groups excluding carboxylic acids is 4. The van der Waals surface area contributed by atoms with E-state index in [2.05, 4.69) is 0 Å². The fraction of sp³-hybridized carbons (Fsp3) is 0.308. The zero-order chi connectivity index (χ0) is 24.9. The van der Waals surface area contributed by atoms with Gasteiger partial charge in [0.15, 0.2) is 0 Å². The molecule has 2 aromatic carbocycles. The van der Waals surface area contributed by atoms with Gasteiger partial charge in [0.1, 0.15) is 5.75 Å². The molecule has 7 nitrogen and oxygen atoms in total. The normalized spacial score (nSPS) is 24.0. The van der Waals surface area contributed by atoms with Crippen molar-refractivity contribution < 1.29 is 23.9 Å². The molecule has 5 rings (SSSR count). The molecule has 2 saturated heterocycles. The molecule has 2 aliphatic heterocycles. The molecule has 0 unspecified atom stereocenters. The van der Waals surface area contributed by atoms with Crippen LogP contribution in [0.25, 0.3) is 0 Å². The van der Waals surface area contributed by atoms with Gasteiger partial charge in [-0.25, -0.2) is 4.90 Å². The monoisotopic (exact) mass is 512 g/mol. The Balaban J connectivity index is 1.30. The number of carbonyl (C=O) groups is 4. The lowest BCUT2D eigenvalue weighted by atomic mass is 9.82. The minimum absolute atomic E-state index is 0.0276. The van der Waals surface area contributed by atoms with Crippen LogP contribution in [0.1, 0.15) is 26.2 Å². The Hall–Kier alpha value is -3.16. The van der Waals surface area contributed by atoms with Gasteiger partial charge in [-0.15, -0.1) is 0 Å². The summed E-state index contributed by atoms with van der Waals surface area (Å²) in [6, 6.07) is 11.2. The molecule has 0 aromatic heterocycles. The first-order chi connectivity index (χ1) is 16.7. The van der Waals surface area contributed by atoms with Crippen LogP contribution in [0.3, 0.4) is 0 Å². The third kappa shape index (κ3) is 4.34. The van der Waals surface area contributed by atoms with Gasteiger partial charge in [0.2, 0.25) is 17.7 Å². The van der Waals surface area contributed by atoms with Gasteiger partial charge in [0.25, 0.3) is 0 Å². The highest BCUT2D eigenvalue weighted by Gasteiger charge is 2.48. The number of fused-ring (bicyclic) bond motifs is 1. The highest BCUT2D eigenvalue weighted by Crippen LogP contribution is 2.40. The maximum atomic E-state index is 13.0. The van der Waals surface area contributed by atoms with Crippen molar-refractivity contribution in [3.05, 3.63) is 64.2 Å². The van der Waals surface area contributed by atoms with Gasteiger partial charge in [0, 0.05) is 24.1 Å². The first-order valence-electron chi connectivity index (χ1n) is 11.3. The van der Waals surface area contributed by atoms with Crippen LogP contribution in [-0.2, 0) is 19.2 Å². The molecule has 0 saturated carbocycles. The number of ether oxygens (including phenoxy) is 1. The Morgan fingerprint density at radius 2 is 1.77 bits per heavy atom. The molecule has 0 radical (unpaired) electrons. The van der Waals surface area contributed by atoms with E-state index in [-0.39, 0.29) is 48.3 Å². The van der Waals surface area contributed by atoms with Crippen molar-refractivity contribution in [2.45, 2.75) is 26.2 Å². The molecule has 35 heavy (non-hydrogen) atoms. The number of amides is 3. The Morgan fingerprint density at radius 1 is 1.00 bits per heavy atom. The molecule has 2 heterocycles. The first-order valence-corrected chi connectivity index (χ1v) is 12.1. The maximum absolute atomic E-state index is 13.0. The molecule has 180 valence electrons. The van der Waals surface area contributed by atoms with Crippen molar-refractivity contribution in [3.8, 4) is 5.75 Å². The fourth-order valence-electron chi connectivity index (χ4n) is 4.97. The van der Waals surface area contributed by atoms with E-state index < -0.39 is 11.9 Å². The Kier molecular flexibility index (Phi) is 6.15. The van der Waals surface area contributed by atoms with E-state index in [1.54, 1.807) is 36.4 Å². The molecule has 0 spiro atoms. The number of nitrogens with zero attached hydrogens (tertiary/aromatic N) is 2. The Morgan fingerprint density at radius 3 is 2.57 bits per heavy atom. The third-order valence-corrected chi connectivity index (χ3v) is 7.33. The molecule has 2 aromatic rings. The number of rotatable bonds is 4. The highest BCUT2D eigenvalue weighted by molar-refractivity contribution is 6.36. The van der Waals surface area contributed by atoms with Crippen molar-refractivity contribution in [1.29, 1.82) is 0 Å². The Bertz CT molecular complexity index is 1290. The number of benzene rings is 2. The number of allylic oxidation sites excluding steroid dienone is 2. The summed E-state index contributed by atoms with van der Waals surface area (Å²) in [6.07, 6.45) is 3.11. The molecule has 1 aliphatic carbocycles. The fourth-order valence-corrected chi connectivity index (χ4v) is 5.35. The summed E-state index contributed by atoms with van der Waals surface area (Å²) < 4.78 is 5.55. The zero-order valence-electron chi connectivity index (χ0n) is 18.9. The highest BCUT2D eigenvalue weighted by atomic mass is 35.5. The molecule has 3 atom stereocenters. The maximum Gasteiger partial charge on any atom is 0.316 e. The van der Waals surface area contributed by atoms with E-state index in [0.29, 0.717) is 34.3 Å². The molecule has 3 aliphatic rings. The minimum Gasteiger partial charge on any atom is -0.426 e. The van der Waals surface area contributed by atoms with Crippen molar-refractivity contribution in [2.75, 3.05) is 16.3 Å². The second kappa shape index (κ2) is 9.13. The van der Waals surface area contributed by atoms with Crippen LogP contribution < -0.4 is 14.5 Å². The van der Waals surface area contributed by atoms with Gasteiger partial charge in [0.05, 0.1) is 34.2 Å². The second-order valence-corrected chi connectivity index (χ2v) is 9.98. The summed E-state index contributed by atoms with van der Waals surface area (Å²) in [5.74, 6) is -2.52. The average Bonchev–Trinajstić information content (AvgIpc) is 3.33. The van der Waals surface area contributed by atoms with E-state index in [1.807, 2.05) is 13.0 Å². The van der Waals surface area contributed by atoms with Gasteiger partial charge in [-0.3, -0.25) is 19.2 Å². The average molecular weight is 513 g/mol. The van der Waals surface area contributed by atoms with Crippen molar-refractivity contribution >= 4 is 58.3 Å². The predicted octanol–water partition coefficient (Wildman–Crippen LogP) is 4.80. The predicted molar refractivity (Wildman–Crippen MR) is 131 cm³/mol. The van der Waals surface area contributed by atoms with Crippen molar-refractivity contribution in [2.24, 2.45) is 17.8 Å². The summed E-state index contributed by atoms with van der Waals surface area (Å²) in [6.45, 7) is 2.07. The number of esters is 1. The lowest BCUT2D eigenvalue weighted by Gasteiger charge is -2.19. The molecular weight excluding hydrogens is 491 g/mol. The smallest absolute Gasteiger partial charge is 0.316 e. The summed E-state index contributed by atoms with van der Waals surface area (Å²) in [5.41, 5.74) is 1.92. The number of imide groups is 1. The molecule has 2 fully saturated rings. The second-order valence-electron chi connectivity index (χ2n) is 9.13. The van der Waals surface area contributed by atoms with Crippen LogP contribution >= 0.6 is 23.2 Å². The molecule has 0 bridgehead atoms. The minimum atomic E-state index is -0.701. The molecule has 3 amide bonds. The van der Waals surface area contributed by atoms with Crippen molar-refractivity contribution in [3.63, 3.8) is 0 Å². The van der Waals surface area contributed by atoms with E-state index in [1.165, 1.54) is 15.9 Å². The SMILES string of the molecule is CC1=CC[C@@H]2C(=O)N(c3cccc(OC(=O)[C@H]4CC(=O)N(c5cc(Cl)ccc5Cl)C4)c3)C(=O)[C@H]2C1. The molecular formula is C26H22Cl2N2O5. The van der Waals surface area contributed by atoms with E-state index in [0.717, 1.165) is 5.57 Å². The standard InChI is InChI=1S/C26H22Cl2N2O5/c1-14-5-7-19-20(9-14)25(33)30(24(19)32)17-3-2-4-18(12-17)35-26(34)15-10-23(31)29(13-15)22-11-16(27)6-8-21(22)28/h2-6,8,11-12,15,19-20H,7,9-10,13H2,1H3/t15-,19-,20-/m0/s1. The zero-order valence-corrected chi connectivity index (χ0v) is 20.4. The third-order valence-electron chi connectivity index (χ3n) is 6.77. The summed E-state index contributed by atoms with van der Waals surface area (Å²) in [4.78, 5) is 54.0. The first kappa shape index (κ1) is 23.6. The number of hydrogen-bond donors (Lipinski definition) is 0. The van der Waals surface area contributed by atoms with Crippen LogP contribution in [0.5, 0.6) is 5.75 Å². The quantitative estimate of drug-likeness (QED) is 0.254. The number of hydrogen-bond acceptors (Lipinski definition) is 5. The van der Waals surface area contributed by atoms with Crippen LogP contribution in [-0.4, -0.2) is 30.2 Å². The van der Waals surface area contributed by atoms with E-state index in [9.17, 15) is 19.2 Å². The van der Waals surface area contributed by atoms with Gasteiger partial charge in [-0.05, 0) is 50.1 Å². The topological polar surface area (TPSA) is 84.0 Å². The lowest BCUT2D eigenvalue weighted by molar-refractivity contribution is -0.139. The van der Waals surface area contributed by atoms with E-state index in [4.69, 9.17) is 27.9 Å². The van der Waals surface area contributed by atoms with Crippen LogP contribution in [0.15, 0.2) is 54.1 Å². The van der Waals surface area contributed by atoms with Crippen LogP contribution in [0, 0.1) is 17.8 Å². The van der Waals surface area contributed by atoms with Gasteiger partial charge in [-0.1, -0.05) is 40.9 Å². The van der Waals surface area contributed by atoms with E-state index >= 15 is 0 Å². The Labute approximate surface area is 212 Å². The number of halogens is 2. The lowest BCUT2D eigenvalue weighted by Crippen LogP contribution is -2.31. The van der Waals surface area contributed by atoms with Crippen molar-refractivity contribution in [1.82, 2.24) is 0 Å². The van der Waals surface area contributed by atoms with Crippen LogP contribution in [0.4, 0.5) is 11.4 Å². The summed E-state index contributed by atoms with van der Waals surface area (Å²) >= 11 is 12.3.